The maximum absolute atomic E-state index is 13.0. The van der Waals surface area contributed by atoms with E-state index in [9.17, 15) is 19.2 Å². The normalized spacial score (nSPS) is 17.4. The number of thiazole rings is 1. The van der Waals surface area contributed by atoms with E-state index in [0.717, 1.165) is 20.9 Å². The van der Waals surface area contributed by atoms with Crippen LogP contribution in [0.5, 0.6) is 0 Å². The number of aromatic nitrogens is 2. The van der Waals surface area contributed by atoms with Crippen LogP contribution < -0.4 is 20.5 Å². The van der Waals surface area contributed by atoms with Gasteiger partial charge in [-0.15, -0.1) is 35.5 Å². The second-order valence-electron chi connectivity index (χ2n) is 9.73. The highest BCUT2D eigenvalue weighted by Crippen LogP contribution is 2.41. The zero-order valence-electron chi connectivity index (χ0n) is 23.7. The number of carbonyl (C=O) groups is 4. The van der Waals surface area contributed by atoms with Crippen LogP contribution in [0.25, 0.3) is 10.2 Å². The quantitative estimate of drug-likeness (QED) is 0.0380. The fourth-order valence-electron chi connectivity index (χ4n) is 4.62. The number of halogens is 2. The van der Waals surface area contributed by atoms with Gasteiger partial charge in [0.25, 0.3) is 17.1 Å². The zero-order valence-corrected chi connectivity index (χ0v) is 27.8. The maximum atomic E-state index is 13.0. The first-order valence-corrected chi connectivity index (χ1v) is 16.9. The minimum absolute atomic E-state index is 0. The zero-order chi connectivity index (χ0) is 31.1. The number of hydrogen-bond donors (Lipinski definition) is 4. The van der Waals surface area contributed by atoms with Crippen LogP contribution >= 0.6 is 58.9 Å². The van der Waals surface area contributed by atoms with E-state index in [4.69, 9.17) is 17.0 Å². The van der Waals surface area contributed by atoms with Crippen molar-refractivity contribution in [2.45, 2.75) is 28.7 Å². The van der Waals surface area contributed by atoms with Gasteiger partial charge in [-0.05, 0) is 41.8 Å². The number of thioether (sulfide) groups is 2. The molecule has 45 heavy (non-hydrogen) atoms. The average molecular weight is 708 g/mol. The first-order valence-electron chi connectivity index (χ1n) is 13.7. The first kappa shape index (κ1) is 34.4. The molecule has 0 bridgehead atoms. The number of hydrogen-bond acceptors (Lipinski definition) is 9. The molecule has 11 nitrogen and oxygen atoms in total. The topological polar surface area (TPSA) is 148 Å². The molecular weight excluding hydrogens is 677 g/mol. The average Bonchev–Trinajstić information content (AvgIpc) is 3.45. The van der Waals surface area contributed by atoms with Gasteiger partial charge in [0.15, 0.2) is 23.3 Å². The Morgan fingerprint density at radius 2 is 1.96 bits per heavy atom. The van der Waals surface area contributed by atoms with Crippen LogP contribution in [0, 0.1) is 5.41 Å². The summed E-state index contributed by atoms with van der Waals surface area (Å²) in [6.45, 7) is 1.59. The van der Waals surface area contributed by atoms with Crippen molar-refractivity contribution < 1.29 is 23.7 Å². The summed E-state index contributed by atoms with van der Waals surface area (Å²) >= 11 is 10.2. The van der Waals surface area contributed by atoms with Crippen LogP contribution in [0.4, 0.5) is 0 Å². The van der Waals surface area contributed by atoms with E-state index in [2.05, 4.69) is 20.9 Å². The Bertz CT molecular complexity index is 1610. The van der Waals surface area contributed by atoms with Crippen LogP contribution in [0.2, 0.25) is 0 Å². The molecule has 3 amide bonds. The van der Waals surface area contributed by atoms with Gasteiger partial charge in [0, 0.05) is 31.0 Å². The number of benzene rings is 1. The standard InChI is InChI=1S/C29H28ClN7O4S3.ClH/c30-25(39)24-19(5-3-12-36-13-8-18(9-14-36)26(40)33-11-4-10-32-17-31)15-42-28-23(27(41)37(24)28)35-22(38)16-43-29-34-20-6-1-2-7-21(20)44-29;/h1-3,5-9,13-14,17,23,28H,4,10-12,15-16H2,(H3-,31,32,33,35,38,40);1H/p+1/b5-3+;/t23-,28-;/m1./s1. The molecule has 4 heterocycles. The third kappa shape index (κ3) is 8.44. The predicted molar refractivity (Wildman–Crippen MR) is 180 cm³/mol. The van der Waals surface area contributed by atoms with Crippen molar-refractivity contribution in [2.24, 2.45) is 0 Å². The fourth-order valence-corrected chi connectivity index (χ4v) is 8.03. The Morgan fingerprint density at radius 1 is 1.18 bits per heavy atom. The van der Waals surface area contributed by atoms with E-state index >= 15 is 0 Å². The summed E-state index contributed by atoms with van der Waals surface area (Å²) in [7, 11) is 0. The number of amides is 3. The maximum Gasteiger partial charge on any atom is 0.269 e. The Hall–Kier alpha value is -3.43. The van der Waals surface area contributed by atoms with E-state index in [1.54, 1.807) is 30.6 Å². The summed E-state index contributed by atoms with van der Waals surface area (Å²) in [6, 6.07) is 10.5. The molecule has 1 saturated heterocycles. The Morgan fingerprint density at radius 3 is 2.69 bits per heavy atom. The molecule has 2 aliphatic rings. The van der Waals surface area contributed by atoms with Crippen molar-refractivity contribution >= 4 is 98.4 Å². The molecule has 0 saturated carbocycles. The molecule has 2 aliphatic heterocycles. The molecule has 1 aromatic carbocycles. The summed E-state index contributed by atoms with van der Waals surface area (Å²) in [6.07, 6.45) is 9.04. The van der Waals surface area contributed by atoms with Gasteiger partial charge in [0.05, 0.1) is 27.9 Å². The molecule has 16 heteroatoms. The largest absolute Gasteiger partial charge is 0.377 e. The van der Waals surface area contributed by atoms with Crippen LogP contribution in [0.15, 0.2) is 76.6 Å². The monoisotopic (exact) mass is 706 g/mol. The van der Waals surface area contributed by atoms with Gasteiger partial charge in [-0.1, -0.05) is 30.0 Å². The number of allylic oxidation sites excluding steroid dienone is 3. The molecule has 2 atom stereocenters. The SMILES string of the molecule is Cl.N=CNCCCNC(=O)c1cc[n+](C/C=C/C2=C(C(=O)Cl)N3C(=O)[C@@H](NC(=O)CSc4nc5ccccc5s4)[C@H]3SC2)cc1. The van der Waals surface area contributed by atoms with Gasteiger partial charge in [0.2, 0.25) is 5.91 Å². The lowest BCUT2D eigenvalue weighted by Gasteiger charge is -2.49. The minimum atomic E-state index is -0.732. The number of β-lactam (4-membered cyclic amide) rings is 1. The Kier molecular flexibility index (Phi) is 12.4. The van der Waals surface area contributed by atoms with Crippen LogP contribution in [-0.4, -0.2) is 75.2 Å². The minimum Gasteiger partial charge on any atom is -0.377 e. The lowest BCUT2D eigenvalue weighted by molar-refractivity contribution is -0.687. The van der Waals surface area contributed by atoms with Crippen LogP contribution in [0.1, 0.15) is 16.8 Å². The number of para-hydroxylation sites is 1. The van der Waals surface area contributed by atoms with Crippen molar-refractivity contribution in [1.82, 2.24) is 25.8 Å². The van der Waals surface area contributed by atoms with Gasteiger partial charge in [-0.25, -0.2) is 9.55 Å². The molecule has 5 rings (SSSR count). The van der Waals surface area contributed by atoms with Gasteiger partial charge >= 0.3 is 0 Å². The molecule has 0 aliphatic carbocycles. The van der Waals surface area contributed by atoms with Crippen molar-refractivity contribution in [3.05, 3.63) is 77.8 Å². The highest BCUT2D eigenvalue weighted by atomic mass is 35.5. The van der Waals surface area contributed by atoms with E-state index in [1.807, 2.05) is 34.9 Å². The predicted octanol–water partition coefficient (Wildman–Crippen LogP) is 3.09. The Balaban J connectivity index is 0.00000461. The number of rotatable bonds is 14. The summed E-state index contributed by atoms with van der Waals surface area (Å²) in [5.41, 5.74) is 2.19. The van der Waals surface area contributed by atoms with E-state index in [-0.39, 0.29) is 41.6 Å². The lowest BCUT2D eigenvalue weighted by Crippen LogP contribution is -2.70. The van der Waals surface area contributed by atoms with E-state index < -0.39 is 16.7 Å². The second kappa shape index (κ2) is 16.2. The Labute approximate surface area is 283 Å². The molecule has 2 aromatic heterocycles. The number of carbonyl (C=O) groups excluding carboxylic acids is 4. The van der Waals surface area contributed by atoms with Crippen molar-refractivity contribution in [3.63, 3.8) is 0 Å². The number of nitrogens with one attached hydrogen (secondary N) is 4. The number of pyridine rings is 1. The second-order valence-corrected chi connectivity index (χ2v) is 13.4. The third-order valence-electron chi connectivity index (χ3n) is 6.78. The number of fused-ring (bicyclic) bond motifs is 2. The first-order chi connectivity index (χ1) is 21.4. The summed E-state index contributed by atoms with van der Waals surface area (Å²) in [5, 5.41) is 14.2. The number of nitrogens with zero attached hydrogens (tertiary/aromatic N) is 3. The summed E-state index contributed by atoms with van der Waals surface area (Å²) < 4.78 is 3.70. The van der Waals surface area contributed by atoms with Gasteiger partial charge in [-0.2, -0.15) is 0 Å². The molecule has 236 valence electrons. The summed E-state index contributed by atoms with van der Waals surface area (Å²) in [5.74, 6) is -0.250. The van der Waals surface area contributed by atoms with Gasteiger partial charge in [0.1, 0.15) is 17.1 Å². The lowest BCUT2D eigenvalue weighted by atomic mass is 10.0. The van der Waals surface area contributed by atoms with Gasteiger partial charge < -0.3 is 16.0 Å². The van der Waals surface area contributed by atoms with Crippen LogP contribution in [-0.2, 0) is 20.9 Å². The third-order valence-corrected chi connectivity index (χ3v) is 10.4. The smallest absolute Gasteiger partial charge is 0.269 e. The highest BCUT2D eigenvalue weighted by Gasteiger charge is 2.53. The molecule has 0 radical (unpaired) electrons. The fraction of sp³-hybridized carbons (Fsp3) is 0.276. The summed E-state index contributed by atoms with van der Waals surface area (Å²) in [4.78, 5) is 56.3. The van der Waals surface area contributed by atoms with Crippen molar-refractivity contribution in [1.29, 1.82) is 5.41 Å². The van der Waals surface area contributed by atoms with E-state index in [0.29, 0.717) is 42.9 Å². The van der Waals surface area contributed by atoms with Crippen molar-refractivity contribution in [2.75, 3.05) is 24.6 Å². The molecule has 0 unspecified atom stereocenters. The molecule has 4 N–H and O–H groups in total. The van der Waals surface area contributed by atoms with Crippen molar-refractivity contribution in [3.8, 4) is 0 Å². The molecule has 0 spiro atoms. The molecule has 1 fully saturated rings. The highest BCUT2D eigenvalue weighted by molar-refractivity contribution is 8.01. The molecule has 3 aromatic rings. The van der Waals surface area contributed by atoms with Gasteiger partial charge in [-0.3, -0.25) is 29.5 Å². The van der Waals surface area contributed by atoms with E-state index in [1.165, 1.54) is 39.8 Å². The van der Waals surface area contributed by atoms with Crippen LogP contribution in [0.3, 0.4) is 0 Å². The molecular formula is C29H30Cl2N7O4S3+.